The van der Waals surface area contributed by atoms with Crippen molar-refractivity contribution < 1.29 is 13.6 Å². The summed E-state index contributed by atoms with van der Waals surface area (Å²) < 4.78 is 29.3. The maximum absolute atomic E-state index is 14.1. The summed E-state index contributed by atoms with van der Waals surface area (Å²) in [6, 6.07) is 10.8. The molecule has 3 N–H and O–H groups in total. The average Bonchev–Trinajstić information content (AvgIpc) is 3.07. The van der Waals surface area contributed by atoms with E-state index in [0.717, 1.165) is 0 Å². The molecule has 4 rings (SSSR count). The zero-order valence-corrected chi connectivity index (χ0v) is 17.5. The number of nitrogens with zero attached hydrogens (tertiary/aromatic N) is 3. The van der Waals surface area contributed by atoms with Crippen LogP contribution in [0.15, 0.2) is 48.7 Å². The van der Waals surface area contributed by atoms with E-state index in [1.54, 1.807) is 62.0 Å². The van der Waals surface area contributed by atoms with Crippen LogP contribution in [-0.4, -0.2) is 25.9 Å². The summed E-state index contributed by atoms with van der Waals surface area (Å²) in [5.74, 6) is 0.250. The normalized spacial score (nSPS) is 13.3. The van der Waals surface area contributed by atoms with Crippen LogP contribution in [0.3, 0.4) is 0 Å². The first-order chi connectivity index (χ1) is 14.6. The quantitative estimate of drug-likeness (QED) is 0.653. The number of carbonyl (C=O) groups excluding carboxylic acids is 1. The standard InChI is InChI=1S/C23H23F2N5O/c1-14-4-9-17(12-18(14)25)27-21-20(15-5-7-16(24)8-6-15)28-19-13-29(10-11-30(19)21)22(31)23(2,3)26/h4-12,27H,13,26H2,1-3H3. The van der Waals surface area contributed by atoms with Gasteiger partial charge in [-0.1, -0.05) is 6.07 Å². The van der Waals surface area contributed by atoms with Gasteiger partial charge in [-0.2, -0.15) is 0 Å². The summed E-state index contributed by atoms with van der Waals surface area (Å²) in [6.45, 7) is 5.20. The molecule has 0 spiro atoms. The first-order valence-electron chi connectivity index (χ1n) is 9.82. The van der Waals surface area contributed by atoms with Gasteiger partial charge in [-0.25, -0.2) is 13.8 Å². The van der Waals surface area contributed by atoms with Crippen molar-refractivity contribution in [2.24, 2.45) is 5.73 Å². The molecule has 1 aromatic heterocycles. The number of aromatic nitrogens is 2. The Morgan fingerprint density at radius 1 is 1.13 bits per heavy atom. The number of rotatable bonds is 4. The predicted octanol–water partition coefficient (Wildman–Crippen LogP) is 4.39. The van der Waals surface area contributed by atoms with Crippen LogP contribution in [0, 0.1) is 18.6 Å². The number of hydrogen-bond donors (Lipinski definition) is 2. The van der Waals surface area contributed by atoms with Crippen LogP contribution in [0.2, 0.25) is 0 Å². The van der Waals surface area contributed by atoms with E-state index in [9.17, 15) is 13.6 Å². The molecule has 1 aliphatic heterocycles. The van der Waals surface area contributed by atoms with Gasteiger partial charge in [0.25, 0.3) is 0 Å². The Hall–Kier alpha value is -3.52. The van der Waals surface area contributed by atoms with Crippen molar-refractivity contribution in [3.63, 3.8) is 0 Å². The third kappa shape index (κ3) is 4.06. The second kappa shape index (κ2) is 7.63. The zero-order chi connectivity index (χ0) is 22.3. The monoisotopic (exact) mass is 423 g/mol. The van der Waals surface area contributed by atoms with Crippen LogP contribution in [0.5, 0.6) is 0 Å². The highest BCUT2D eigenvalue weighted by atomic mass is 19.1. The number of benzene rings is 2. The van der Waals surface area contributed by atoms with Crippen LogP contribution in [0.4, 0.5) is 20.3 Å². The fraction of sp³-hybridized carbons (Fsp3) is 0.217. The van der Waals surface area contributed by atoms with Crippen LogP contribution >= 0.6 is 0 Å². The summed E-state index contributed by atoms with van der Waals surface area (Å²) in [6.07, 6.45) is 3.34. The van der Waals surface area contributed by atoms with Crippen molar-refractivity contribution in [2.45, 2.75) is 32.9 Å². The molecule has 0 bridgehead atoms. The number of halogens is 2. The summed E-state index contributed by atoms with van der Waals surface area (Å²) in [4.78, 5) is 18.8. The molecular weight excluding hydrogens is 400 g/mol. The number of anilines is 2. The van der Waals surface area contributed by atoms with E-state index in [0.29, 0.717) is 34.2 Å². The topological polar surface area (TPSA) is 76.2 Å². The fourth-order valence-corrected chi connectivity index (χ4v) is 3.35. The average molecular weight is 423 g/mol. The number of hydrogen-bond acceptors (Lipinski definition) is 4. The minimum Gasteiger partial charge on any atom is -0.339 e. The molecule has 1 aliphatic rings. The van der Waals surface area contributed by atoms with Gasteiger partial charge < -0.3 is 16.0 Å². The number of aryl methyl sites for hydroxylation is 1. The van der Waals surface area contributed by atoms with E-state index < -0.39 is 5.54 Å². The summed E-state index contributed by atoms with van der Waals surface area (Å²) in [5, 5.41) is 3.22. The molecule has 6 nitrogen and oxygen atoms in total. The number of carbonyl (C=O) groups is 1. The van der Waals surface area contributed by atoms with Gasteiger partial charge in [0.1, 0.15) is 29.0 Å². The lowest BCUT2D eigenvalue weighted by molar-refractivity contribution is -0.133. The molecule has 0 saturated heterocycles. The van der Waals surface area contributed by atoms with Gasteiger partial charge in [0, 0.05) is 23.7 Å². The minimum atomic E-state index is -1.03. The molecule has 1 amide bonds. The smallest absolute Gasteiger partial charge is 0.246 e. The molecule has 2 aromatic carbocycles. The van der Waals surface area contributed by atoms with Gasteiger partial charge in [0.05, 0.1) is 12.1 Å². The highest BCUT2D eigenvalue weighted by molar-refractivity contribution is 5.87. The summed E-state index contributed by atoms with van der Waals surface area (Å²) in [7, 11) is 0. The van der Waals surface area contributed by atoms with E-state index >= 15 is 0 Å². The molecule has 0 aliphatic carbocycles. The van der Waals surface area contributed by atoms with E-state index in [1.165, 1.54) is 23.1 Å². The van der Waals surface area contributed by atoms with Gasteiger partial charge in [-0.3, -0.25) is 9.36 Å². The van der Waals surface area contributed by atoms with E-state index in [4.69, 9.17) is 10.7 Å². The van der Waals surface area contributed by atoms with Gasteiger partial charge in [0.2, 0.25) is 5.91 Å². The zero-order valence-electron chi connectivity index (χ0n) is 17.5. The van der Waals surface area contributed by atoms with Gasteiger partial charge in [-0.15, -0.1) is 0 Å². The molecule has 0 fully saturated rings. The molecule has 0 saturated carbocycles. The second-order valence-corrected chi connectivity index (χ2v) is 8.14. The van der Waals surface area contributed by atoms with Gasteiger partial charge >= 0.3 is 0 Å². The van der Waals surface area contributed by atoms with Crippen molar-refractivity contribution >= 4 is 23.6 Å². The van der Waals surface area contributed by atoms with Crippen LogP contribution in [0.1, 0.15) is 25.2 Å². The lowest BCUT2D eigenvalue weighted by atomic mass is 10.1. The van der Waals surface area contributed by atoms with Crippen molar-refractivity contribution in [3.05, 3.63) is 71.7 Å². The molecular formula is C23H23F2N5O. The third-order valence-electron chi connectivity index (χ3n) is 5.06. The van der Waals surface area contributed by atoms with Crippen molar-refractivity contribution in [1.29, 1.82) is 0 Å². The Labute approximate surface area is 179 Å². The predicted molar refractivity (Wildman–Crippen MR) is 116 cm³/mol. The van der Waals surface area contributed by atoms with Crippen LogP contribution < -0.4 is 11.1 Å². The Morgan fingerprint density at radius 3 is 2.48 bits per heavy atom. The second-order valence-electron chi connectivity index (χ2n) is 8.14. The molecule has 3 aromatic rings. The summed E-state index contributed by atoms with van der Waals surface area (Å²) in [5.41, 5.74) is 7.26. The van der Waals surface area contributed by atoms with Crippen LogP contribution in [0.25, 0.3) is 17.5 Å². The van der Waals surface area contributed by atoms with Gasteiger partial charge in [-0.05, 0) is 62.7 Å². The minimum absolute atomic E-state index is 0.216. The summed E-state index contributed by atoms with van der Waals surface area (Å²) >= 11 is 0. The first kappa shape index (κ1) is 20.7. The van der Waals surface area contributed by atoms with E-state index in [2.05, 4.69) is 5.32 Å². The maximum atomic E-state index is 14.1. The molecule has 0 unspecified atom stereocenters. The number of nitrogens with two attached hydrogens (primary N) is 1. The van der Waals surface area contributed by atoms with E-state index in [1.807, 2.05) is 0 Å². The number of nitrogens with one attached hydrogen (secondary N) is 1. The first-order valence-corrected chi connectivity index (χ1v) is 9.82. The Bertz CT molecular complexity index is 1180. The molecule has 0 atom stereocenters. The highest BCUT2D eigenvalue weighted by Gasteiger charge is 2.30. The molecule has 8 heteroatoms. The van der Waals surface area contributed by atoms with E-state index in [-0.39, 0.29) is 24.1 Å². The molecule has 160 valence electrons. The Kier molecular flexibility index (Phi) is 5.10. The van der Waals surface area contributed by atoms with Crippen molar-refractivity contribution in [1.82, 2.24) is 14.5 Å². The SMILES string of the molecule is Cc1ccc(Nc2c(-c3ccc(F)cc3)nc3n2C=CN(C(=O)C(C)(C)N)C3)cc1F. The maximum Gasteiger partial charge on any atom is 0.246 e. The molecule has 0 radical (unpaired) electrons. The largest absolute Gasteiger partial charge is 0.339 e. The Balaban J connectivity index is 1.78. The number of amides is 1. The lowest BCUT2D eigenvalue weighted by Gasteiger charge is -2.28. The van der Waals surface area contributed by atoms with Gasteiger partial charge in [0.15, 0.2) is 0 Å². The molecule has 31 heavy (non-hydrogen) atoms. The third-order valence-corrected chi connectivity index (χ3v) is 5.06. The highest BCUT2D eigenvalue weighted by Crippen LogP contribution is 2.34. The Morgan fingerprint density at radius 2 is 1.84 bits per heavy atom. The number of imidazole rings is 1. The number of fused-ring (bicyclic) bond motifs is 1. The van der Waals surface area contributed by atoms with Crippen molar-refractivity contribution in [3.8, 4) is 11.3 Å². The van der Waals surface area contributed by atoms with Crippen LogP contribution in [-0.2, 0) is 11.3 Å². The fourth-order valence-electron chi connectivity index (χ4n) is 3.35. The molecule has 2 heterocycles. The lowest BCUT2D eigenvalue weighted by Crippen LogP contribution is -2.49. The van der Waals surface area contributed by atoms with Crippen molar-refractivity contribution in [2.75, 3.05) is 5.32 Å².